The van der Waals surface area contributed by atoms with Crippen molar-refractivity contribution < 1.29 is 9.90 Å². The molecule has 1 atom stereocenters. The van der Waals surface area contributed by atoms with Crippen LogP contribution in [0.4, 0.5) is 0 Å². The average Bonchev–Trinajstić information content (AvgIpc) is 2.42. The Morgan fingerprint density at radius 1 is 1.32 bits per heavy atom. The maximum absolute atomic E-state index is 11.4. The van der Waals surface area contributed by atoms with E-state index >= 15 is 0 Å². The minimum Gasteiger partial charge on any atom is -0.480 e. The van der Waals surface area contributed by atoms with Crippen LogP contribution in [0.5, 0.6) is 0 Å². The van der Waals surface area contributed by atoms with Gasteiger partial charge in [-0.25, -0.2) is 0 Å². The van der Waals surface area contributed by atoms with Crippen molar-refractivity contribution in [2.75, 3.05) is 0 Å². The first-order chi connectivity index (χ1) is 9.18. The molecule has 0 amide bonds. The van der Waals surface area contributed by atoms with E-state index in [0.29, 0.717) is 6.54 Å². The van der Waals surface area contributed by atoms with Crippen molar-refractivity contribution in [3.63, 3.8) is 0 Å². The summed E-state index contributed by atoms with van der Waals surface area (Å²) in [5, 5.41) is 12.4. The predicted molar refractivity (Wildman–Crippen MR) is 72.6 cm³/mol. The monoisotopic (exact) mass is 256 g/mol. The molecule has 4 heteroatoms. The molecule has 2 N–H and O–H groups in total. The number of hydrogen-bond acceptors (Lipinski definition) is 3. The van der Waals surface area contributed by atoms with Crippen LogP contribution >= 0.6 is 0 Å². The molecule has 0 radical (unpaired) electrons. The highest BCUT2D eigenvalue weighted by molar-refractivity contribution is 5.76. The molecule has 98 valence electrons. The maximum atomic E-state index is 11.4. The highest BCUT2D eigenvalue weighted by Gasteiger charge is 2.20. The van der Waals surface area contributed by atoms with Crippen molar-refractivity contribution in [3.8, 4) is 0 Å². The fourth-order valence-corrected chi connectivity index (χ4v) is 1.96. The highest BCUT2D eigenvalue weighted by Crippen LogP contribution is 2.18. The zero-order chi connectivity index (χ0) is 13.7. The number of benzene rings is 1. The number of pyridine rings is 1. The first-order valence-electron chi connectivity index (χ1n) is 6.09. The Labute approximate surface area is 112 Å². The van der Waals surface area contributed by atoms with Crippen LogP contribution in [0.3, 0.4) is 0 Å². The highest BCUT2D eigenvalue weighted by atomic mass is 16.4. The first kappa shape index (κ1) is 13.2. The van der Waals surface area contributed by atoms with Gasteiger partial charge in [-0.15, -0.1) is 0 Å². The fraction of sp³-hybridized carbons (Fsp3) is 0.200. The van der Waals surface area contributed by atoms with Gasteiger partial charge in [0.05, 0.1) is 0 Å². The Balaban J connectivity index is 2.14. The topological polar surface area (TPSA) is 62.2 Å². The second-order valence-corrected chi connectivity index (χ2v) is 4.37. The van der Waals surface area contributed by atoms with Crippen LogP contribution in [0.25, 0.3) is 0 Å². The number of aliphatic carboxylic acids is 1. The maximum Gasteiger partial charge on any atom is 0.325 e. The fourth-order valence-electron chi connectivity index (χ4n) is 1.96. The van der Waals surface area contributed by atoms with E-state index in [1.807, 2.05) is 43.3 Å². The van der Waals surface area contributed by atoms with E-state index in [-0.39, 0.29) is 0 Å². The lowest BCUT2D eigenvalue weighted by Gasteiger charge is -2.16. The largest absolute Gasteiger partial charge is 0.480 e. The molecule has 1 heterocycles. The van der Waals surface area contributed by atoms with E-state index in [4.69, 9.17) is 0 Å². The van der Waals surface area contributed by atoms with Crippen LogP contribution in [0.15, 0.2) is 48.8 Å². The average molecular weight is 256 g/mol. The molecule has 0 saturated carbocycles. The number of nitrogens with zero attached hydrogens (tertiary/aromatic N) is 1. The van der Waals surface area contributed by atoms with Gasteiger partial charge in [-0.2, -0.15) is 0 Å². The van der Waals surface area contributed by atoms with E-state index < -0.39 is 12.0 Å². The van der Waals surface area contributed by atoms with E-state index in [9.17, 15) is 9.90 Å². The van der Waals surface area contributed by atoms with Crippen LogP contribution < -0.4 is 5.32 Å². The van der Waals surface area contributed by atoms with E-state index in [2.05, 4.69) is 10.3 Å². The van der Waals surface area contributed by atoms with Crippen LogP contribution in [0.2, 0.25) is 0 Å². The third-order valence-corrected chi connectivity index (χ3v) is 2.98. The Morgan fingerprint density at radius 2 is 2.11 bits per heavy atom. The van der Waals surface area contributed by atoms with Gasteiger partial charge in [0, 0.05) is 18.9 Å². The van der Waals surface area contributed by atoms with Crippen LogP contribution in [0, 0.1) is 6.92 Å². The van der Waals surface area contributed by atoms with Crippen molar-refractivity contribution >= 4 is 5.97 Å². The Bertz CT molecular complexity index is 555. The van der Waals surface area contributed by atoms with Crippen molar-refractivity contribution in [1.82, 2.24) is 10.3 Å². The molecule has 1 aromatic heterocycles. The molecule has 0 fully saturated rings. The molecule has 19 heavy (non-hydrogen) atoms. The Morgan fingerprint density at radius 3 is 2.74 bits per heavy atom. The summed E-state index contributed by atoms with van der Waals surface area (Å²) in [5.74, 6) is -0.877. The quantitative estimate of drug-likeness (QED) is 0.861. The summed E-state index contributed by atoms with van der Waals surface area (Å²) in [7, 11) is 0. The number of hydrogen-bond donors (Lipinski definition) is 2. The van der Waals surface area contributed by atoms with E-state index in [1.165, 1.54) is 0 Å². The minimum atomic E-state index is -0.877. The summed E-state index contributed by atoms with van der Waals surface area (Å²) in [6.45, 7) is 2.39. The zero-order valence-corrected chi connectivity index (χ0v) is 10.7. The molecule has 2 rings (SSSR count). The third-order valence-electron chi connectivity index (χ3n) is 2.98. The van der Waals surface area contributed by atoms with Gasteiger partial charge in [-0.3, -0.25) is 15.1 Å². The summed E-state index contributed by atoms with van der Waals surface area (Å²) in [5.41, 5.74) is 2.72. The second kappa shape index (κ2) is 6.11. The number of nitrogens with one attached hydrogen (secondary N) is 1. The summed E-state index contributed by atoms with van der Waals surface area (Å²) in [6.07, 6.45) is 3.42. The lowest BCUT2D eigenvalue weighted by molar-refractivity contribution is -0.139. The SMILES string of the molecule is Cc1ccccc1C(NCc1cccnc1)C(=O)O. The molecule has 0 bridgehead atoms. The molecule has 0 aliphatic rings. The van der Waals surface area contributed by atoms with Gasteiger partial charge in [-0.1, -0.05) is 30.3 Å². The van der Waals surface area contributed by atoms with Gasteiger partial charge >= 0.3 is 5.97 Å². The molecule has 2 aromatic rings. The standard InChI is InChI=1S/C15H16N2O2/c1-11-5-2-3-7-13(11)14(15(18)19)17-10-12-6-4-8-16-9-12/h2-9,14,17H,10H2,1H3,(H,18,19). The number of aromatic nitrogens is 1. The Kier molecular flexibility index (Phi) is 4.26. The van der Waals surface area contributed by atoms with Crippen molar-refractivity contribution in [1.29, 1.82) is 0 Å². The van der Waals surface area contributed by atoms with Gasteiger partial charge in [-0.05, 0) is 29.7 Å². The van der Waals surface area contributed by atoms with Gasteiger partial charge in [0.2, 0.25) is 0 Å². The normalized spacial score (nSPS) is 12.1. The number of carboxylic acid groups (broad SMARTS) is 1. The number of carbonyl (C=O) groups is 1. The van der Waals surface area contributed by atoms with Crippen molar-refractivity contribution in [3.05, 3.63) is 65.5 Å². The summed E-state index contributed by atoms with van der Waals surface area (Å²) in [4.78, 5) is 15.4. The zero-order valence-electron chi connectivity index (χ0n) is 10.7. The molecule has 1 unspecified atom stereocenters. The van der Waals surface area contributed by atoms with Crippen molar-refractivity contribution in [2.45, 2.75) is 19.5 Å². The summed E-state index contributed by atoms with van der Waals surface area (Å²) >= 11 is 0. The first-order valence-corrected chi connectivity index (χ1v) is 6.09. The minimum absolute atomic E-state index is 0.471. The van der Waals surface area contributed by atoms with E-state index in [1.54, 1.807) is 12.4 Å². The molecular formula is C15H16N2O2. The third kappa shape index (κ3) is 3.39. The number of rotatable bonds is 5. The van der Waals surface area contributed by atoms with Gasteiger partial charge in [0.1, 0.15) is 6.04 Å². The molecular weight excluding hydrogens is 240 g/mol. The van der Waals surface area contributed by atoms with E-state index in [0.717, 1.165) is 16.7 Å². The second-order valence-electron chi connectivity index (χ2n) is 4.37. The lowest BCUT2D eigenvalue weighted by Crippen LogP contribution is -2.28. The molecule has 0 spiro atoms. The van der Waals surface area contributed by atoms with Crippen LogP contribution in [0.1, 0.15) is 22.7 Å². The van der Waals surface area contributed by atoms with Crippen LogP contribution in [-0.4, -0.2) is 16.1 Å². The Hall–Kier alpha value is -2.20. The molecule has 0 aliphatic carbocycles. The van der Waals surface area contributed by atoms with Gasteiger partial charge in [0.15, 0.2) is 0 Å². The van der Waals surface area contributed by atoms with Gasteiger partial charge < -0.3 is 5.11 Å². The molecule has 0 aliphatic heterocycles. The van der Waals surface area contributed by atoms with Gasteiger partial charge in [0.25, 0.3) is 0 Å². The van der Waals surface area contributed by atoms with Crippen LogP contribution in [-0.2, 0) is 11.3 Å². The summed E-state index contributed by atoms with van der Waals surface area (Å²) < 4.78 is 0. The molecule has 1 aromatic carbocycles. The predicted octanol–water partition coefficient (Wildman–Crippen LogP) is 2.31. The number of carboxylic acids is 1. The number of aryl methyl sites for hydroxylation is 1. The van der Waals surface area contributed by atoms with Crippen molar-refractivity contribution in [2.24, 2.45) is 0 Å². The summed E-state index contributed by atoms with van der Waals surface area (Å²) in [6, 6.07) is 10.5. The molecule has 4 nitrogen and oxygen atoms in total. The smallest absolute Gasteiger partial charge is 0.325 e. The molecule has 0 saturated heterocycles. The lowest BCUT2D eigenvalue weighted by atomic mass is 10.0.